The number of hydrogen-bond acceptors (Lipinski definition) is 4. The van der Waals surface area contributed by atoms with Crippen molar-refractivity contribution in [3.05, 3.63) is 66.0 Å². The molecule has 1 atom stereocenters. The molecule has 0 unspecified atom stereocenters. The maximum Gasteiger partial charge on any atom is 0.317 e. The Morgan fingerprint density at radius 1 is 0.944 bits per heavy atom. The van der Waals surface area contributed by atoms with Crippen molar-refractivity contribution in [1.82, 2.24) is 4.98 Å². The van der Waals surface area contributed by atoms with Gasteiger partial charge in [-0.05, 0) is 30.5 Å². The molecule has 5 nitrogen and oxygen atoms in total. The standard InChI is InChI=1S/C30H39N2O3.BrH/c33-27(26-13-6-9-19-31-26)14-10-20-32-21-15-24(16-22-32)28(23-32)35-29(34)30(17-7-1-2-8-18-30)25-11-4-3-5-12-25;/h3-6,9,11-13,19,24,28H,1-2,7-8,10,14-18,20-23H2;1H/q+1;/p-1/t24?,28-,32?;/m0./s1. The van der Waals surface area contributed by atoms with Crippen LogP contribution in [-0.4, -0.2) is 53.5 Å². The van der Waals surface area contributed by atoms with Gasteiger partial charge in [0.05, 0.1) is 25.0 Å². The summed E-state index contributed by atoms with van der Waals surface area (Å²) in [5.41, 5.74) is 1.19. The number of benzene rings is 1. The normalized spacial score (nSPS) is 26.9. The van der Waals surface area contributed by atoms with Gasteiger partial charge in [0, 0.05) is 37.8 Å². The molecule has 6 heteroatoms. The van der Waals surface area contributed by atoms with Crippen LogP contribution in [-0.2, 0) is 14.9 Å². The Kier molecular flexibility index (Phi) is 9.00. The Labute approximate surface area is 226 Å². The number of piperidine rings is 3. The van der Waals surface area contributed by atoms with Crippen molar-refractivity contribution in [2.24, 2.45) is 5.92 Å². The van der Waals surface area contributed by atoms with E-state index in [1.807, 2.05) is 18.2 Å². The second-order valence-corrected chi connectivity index (χ2v) is 11.1. The van der Waals surface area contributed by atoms with Crippen molar-refractivity contribution >= 4 is 11.8 Å². The third-order valence-electron chi connectivity index (χ3n) is 8.96. The first kappa shape index (κ1) is 27.0. The number of ketones is 1. The SMILES string of the molecule is O=C(CCC[N+]12CCC(CC1)[C@@H](OC(=O)C1(c3ccccc3)CCCCCC1)C2)c1ccccn1.[Br-]. The number of pyridine rings is 1. The van der Waals surface area contributed by atoms with Crippen LogP contribution in [0.1, 0.15) is 80.3 Å². The number of halogens is 1. The fraction of sp³-hybridized carbons (Fsp3) is 0.567. The summed E-state index contributed by atoms with van der Waals surface area (Å²) in [5, 5.41) is 0. The first-order chi connectivity index (χ1) is 17.1. The fourth-order valence-electron chi connectivity index (χ4n) is 6.85. The summed E-state index contributed by atoms with van der Waals surface area (Å²) in [6.07, 6.45) is 11.7. The molecule has 4 heterocycles. The molecule has 0 N–H and O–H groups in total. The van der Waals surface area contributed by atoms with E-state index in [-0.39, 0.29) is 34.8 Å². The molecular weight excluding hydrogens is 516 g/mol. The Morgan fingerprint density at radius 2 is 1.64 bits per heavy atom. The van der Waals surface area contributed by atoms with Crippen LogP contribution in [0.2, 0.25) is 0 Å². The molecule has 1 saturated carbocycles. The lowest BCUT2D eigenvalue weighted by Gasteiger charge is -2.52. The molecule has 0 amide bonds. The van der Waals surface area contributed by atoms with Gasteiger partial charge < -0.3 is 26.2 Å². The van der Waals surface area contributed by atoms with E-state index in [1.165, 1.54) is 12.8 Å². The average Bonchev–Trinajstić information content (AvgIpc) is 3.17. The van der Waals surface area contributed by atoms with E-state index in [0.29, 0.717) is 18.0 Å². The summed E-state index contributed by atoms with van der Waals surface area (Å²) in [4.78, 5) is 30.6. The quantitative estimate of drug-likeness (QED) is 0.218. The van der Waals surface area contributed by atoms with Crippen LogP contribution in [0.3, 0.4) is 0 Å². The van der Waals surface area contributed by atoms with Gasteiger partial charge >= 0.3 is 5.97 Å². The molecule has 4 fully saturated rings. The van der Waals surface area contributed by atoms with Crippen molar-refractivity contribution in [2.75, 3.05) is 26.2 Å². The van der Waals surface area contributed by atoms with Crippen LogP contribution < -0.4 is 17.0 Å². The molecule has 3 saturated heterocycles. The van der Waals surface area contributed by atoms with Gasteiger partial charge in [0.1, 0.15) is 12.2 Å². The molecule has 6 rings (SSSR count). The molecule has 194 valence electrons. The van der Waals surface area contributed by atoms with Gasteiger partial charge in [0.25, 0.3) is 0 Å². The number of esters is 1. The highest BCUT2D eigenvalue weighted by atomic mass is 79.9. The van der Waals surface area contributed by atoms with Gasteiger partial charge in [-0.25, -0.2) is 0 Å². The average molecular weight is 556 g/mol. The van der Waals surface area contributed by atoms with Crippen LogP contribution in [0.25, 0.3) is 0 Å². The van der Waals surface area contributed by atoms with Gasteiger partial charge in [-0.1, -0.05) is 62.1 Å². The number of aromatic nitrogens is 1. The minimum atomic E-state index is -0.496. The maximum absolute atomic E-state index is 13.9. The molecular formula is C30H39BrN2O3. The van der Waals surface area contributed by atoms with Crippen molar-refractivity contribution < 1.29 is 35.8 Å². The zero-order chi connectivity index (χ0) is 24.1. The number of ether oxygens (including phenoxy) is 1. The third-order valence-corrected chi connectivity index (χ3v) is 8.96. The molecule has 2 aromatic rings. The first-order valence-electron chi connectivity index (χ1n) is 13.7. The van der Waals surface area contributed by atoms with Gasteiger partial charge in [-0.2, -0.15) is 0 Å². The lowest BCUT2D eigenvalue weighted by molar-refractivity contribution is -0.946. The van der Waals surface area contributed by atoms with Crippen molar-refractivity contribution in [1.29, 1.82) is 0 Å². The highest BCUT2D eigenvalue weighted by molar-refractivity contribution is 5.94. The number of carbonyl (C=O) groups is 2. The summed E-state index contributed by atoms with van der Waals surface area (Å²) in [6, 6.07) is 15.9. The third kappa shape index (κ3) is 5.75. The number of hydrogen-bond donors (Lipinski definition) is 0. The van der Waals surface area contributed by atoms with Crippen molar-refractivity contribution in [3.8, 4) is 0 Å². The van der Waals surface area contributed by atoms with E-state index in [2.05, 4.69) is 29.2 Å². The van der Waals surface area contributed by atoms with E-state index in [9.17, 15) is 9.59 Å². The Morgan fingerprint density at radius 3 is 2.31 bits per heavy atom. The van der Waals surface area contributed by atoms with Gasteiger partial charge in [-0.15, -0.1) is 0 Å². The maximum atomic E-state index is 13.9. The second kappa shape index (κ2) is 12.0. The first-order valence-corrected chi connectivity index (χ1v) is 13.7. The number of Topliss-reactive ketones (excluding diaryl/α,β-unsaturated/α-hetero) is 1. The Bertz CT molecular complexity index is 997. The van der Waals surface area contributed by atoms with Gasteiger partial charge in [-0.3, -0.25) is 14.6 Å². The van der Waals surface area contributed by atoms with E-state index < -0.39 is 5.41 Å². The van der Waals surface area contributed by atoms with Crippen LogP contribution >= 0.6 is 0 Å². The van der Waals surface area contributed by atoms with Crippen LogP contribution in [0.4, 0.5) is 0 Å². The number of rotatable bonds is 8. The zero-order valence-corrected chi connectivity index (χ0v) is 22.8. The molecule has 1 aliphatic carbocycles. The minimum absolute atomic E-state index is 0. The van der Waals surface area contributed by atoms with Crippen LogP contribution in [0.15, 0.2) is 54.7 Å². The van der Waals surface area contributed by atoms with E-state index in [0.717, 1.165) is 81.2 Å². The fourth-order valence-corrected chi connectivity index (χ4v) is 6.85. The molecule has 1 aromatic heterocycles. The predicted molar refractivity (Wildman–Crippen MR) is 136 cm³/mol. The molecule has 4 aliphatic rings. The van der Waals surface area contributed by atoms with E-state index >= 15 is 0 Å². The van der Waals surface area contributed by atoms with Crippen molar-refractivity contribution in [3.63, 3.8) is 0 Å². The number of nitrogens with zero attached hydrogens (tertiary/aromatic N) is 2. The predicted octanol–water partition coefficient (Wildman–Crippen LogP) is 2.49. The summed E-state index contributed by atoms with van der Waals surface area (Å²) < 4.78 is 7.46. The van der Waals surface area contributed by atoms with Crippen LogP contribution in [0.5, 0.6) is 0 Å². The monoisotopic (exact) mass is 554 g/mol. The highest BCUT2D eigenvalue weighted by Gasteiger charge is 2.50. The van der Waals surface area contributed by atoms with Crippen LogP contribution in [0, 0.1) is 5.92 Å². The number of carbonyl (C=O) groups excluding carboxylic acids is 2. The van der Waals surface area contributed by atoms with E-state index in [1.54, 1.807) is 12.3 Å². The molecule has 36 heavy (non-hydrogen) atoms. The molecule has 0 radical (unpaired) electrons. The molecule has 0 spiro atoms. The number of quaternary nitrogens is 1. The molecule has 2 bridgehead atoms. The highest BCUT2D eigenvalue weighted by Crippen LogP contribution is 2.42. The summed E-state index contributed by atoms with van der Waals surface area (Å²) >= 11 is 0. The molecule has 3 aliphatic heterocycles. The number of fused-ring (bicyclic) bond motifs is 3. The lowest BCUT2D eigenvalue weighted by atomic mass is 9.74. The summed E-state index contributed by atoms with van der Waals surface area (Å²) in [7, 11) is 0. The van der Waals surface area contributed by atoms with Crippen molar-refractivity contribution in [2.45, 2.75) is 75.7 Å². The Balaban J connectivity index is 0.00000304. The lowest BCUT2D eigenvalue weighted by Crippen LogP contribution is -3.00. The smallest absolute Gasteiger partial charge is 0.317 e. The topological polar surface area (TPSA) is 56.3 Å². The zero-order valence-electron chi connectivity index (χ0n) is 21.2. The minimum Gasteiger partial charge on any atom is -1.00 e. The largest absolute Gasteiger partial charge is 1.00 e. The summed E-state index contributed by atoms with van der Waals surface area (Å²) in [5.74, 6) is 0.609. The van der Waals surface area contributed by atoms with E-state index in [4.69, 9.17) is 4.74 Å². The molecule has 1 aromatic carbocycles. The van der Waals surface area contributed by atoms with Gasteiger partial charge in [0.15, 0.2) is 11.9 Å². The van der Waals surface area contributed by atoms with Gasteiger partial charge in [0.2, 0.25) is 0 Å². The second-order valence-electron chi connectivity index (χ2n) is 11.1. The summed E-state index contributed by atoms with van der Waals surface area (Å²) in [6.45, 7) is 4.16. The Hall–Kier alpha value is -2.05.